The van der Waals surface area contributed by atoms with E-state index in [0.29, 0.717) is 32.6 Å². The van der Waals surface area contributed by atoms with Crippen LogP contribution < -0.4 is 0 Å². The summed E-state index contributed by atoms with van der Waals surface area (Å²) in [7, 11) is 0. The molecule has 0 bridgehead atoms. The average molecular weight is 396 g/mol. The Hall–Kier alpha value is -3.04. The molecule has 0 spiro atoms. The summed E-state index contributed by atoms with van der Waals surface area (Å²) in [6.07, 6.45) is -5.25. The number of thiophene rings is 1. The molecule has 0 aliphatic rings. The first kappa shape index (κ1) is 18.3. The minimum Gasteiger partial charge on any atom is -0.354 e. The first-order valence-corrected chi connectivity index (χ1v) is 9.55. The molecule has 140 valence electrons. The van der Waals surface area contributed by atoms with Crippen molar-refractivity contribution in [2.45, 2.75) is 18.5 Å². The number of halogens is 3. The fraction of sp³-hybridized carbons (Fsp3) is 0.136. The Morgan fingerprint density at radius 3 is 2.46 bits per heavy atom. The largest absolute Gasteiger partial charge is 0.390 e. The van der Waals surface area contributed by atoms with Gasteiger partial charge in [-0.15, -0.1) is 11.3 Å². The number of nitriles is 1. The molecular formula is C22H15F3N2S. The van der Waals surface area contributed by atoms with Gasteiger partial charge < -0.3 is 4.98 Å². The first-order valence-electron chi connectivity index (χ1n) is 8.67. The number of fused-ring (bicyclic) bond motifs is 1. The second-order valence-electron chi connectivity index (χ2n) is 6.54. The maximum absolute atomic E-state index is 13.5. The van der Waals surface area contributed by atoms with Crippen LogP contribution in [0.2, 0.25) is 0 Å². The third kappa shape index (κ3) is 3.54. The molecule has 4 rings (SSSR count). The van der Waals surface area contributed by atoms with E-state index >= 15 is 0 Å². The van der Waals surface area contributed by atoms with Gasteiger partial charge in [-0.05, 0) is 34.7 Å². The highest BCUT2D eigenvalue weighted by Crippen LogP contribution is 2.45. The van der Waals surface area contributed by atoms with Crippen molar-refractivity contribution in [1.82, 2.24) is 4.98 Å². The number of hydrogen-bond donors (Lipinski definition) is 1. The molecule has 0 amide bonds. The van der Waals surface area contributed by atoms with Crippen LogP contribution in [0.3, 0.4) is 0 Å². The highest BCUT2D eigenvalue weighted by atomic mass is 32.1. The molecule has 6 heteroatoms. The molecule has 0 fully saturated rings. The fourth-order valence-electron chi connectivity index (χ4n) is 3.55. The highest BCUT2D eigenvalue weighted by molar-refractivity contribution is 7.10. The smallest absolute Gasteiger partial charge is 0.354 e. The number of aromatic nitrogens is 1. The van der Waals surface area contributed by atoms with Crippen LogP contribution in [-0.2, 0) is 0 Å². The van der Waals surface area contributed by atoms with E-state index in [1.54, 1.807) is 35.7 Å². The van der Waals surface area contributed by atoms with E-state index in [2.05, 4.69) is 11.1 Å². The van der Waals surface area contributed by atoms with Crippen LogP contribution in [0.15, 0.2) is 66.0 Å². The average Bonchev–Trinajstić information content (AvgIpc) is 3.33. The number of aromatic amines is 1. The monoisotopic (exact) mass is 396 g/mol. The molecule has 1 atom stereocenters. The lowest BCUT2D eigenvalue weighted by molar-refractivity contribution is -0.136. The van der Waals surface area contributed by atoms with Crippen LogP contribution in [0.5, 0.6) is 0 Å². The molecule has 2 heterocycles. The van der Waals surface area contributed by atoms with Gasteiger partial charge in [-0.3, -0.25) is 0 Å². The number of nitrogens with zero attached hydrogens (tertiary/aromatic N) is 1. The molecule has 1 unspecified atom stereocenters. The number of rotatable bonds is 4. The molecule has 0 saturated heterocycles. The third-order valence-electron chi connectivity index (χ3n) is 4.70. The third-order valence-corrected chi connectivity index (χ3v) is 5.69. The molecular weight excluding hydrogens is 381 g/mol. The van der Waals surface area contributed by atoms with Crippen LogP contribution in [0, 0.1) is 11.3 Å². The van der Waals surface area contributed by atoms with E-state index in [1.807, 2.05) is 30.3 Å². The standard InChI is InChI=1S/C22H15F3N2S/c23-22(24,25)12-17(19-7-4-10-28-19)20-16-9-8-14(13-26)11-18(16)27-21(20)15-5-2-1-3-6-15/h1-11,17,27H,12H2. The SMILES string of the molecule is N#Cc1ccc2c(C(CC(F)(F)F)c3cccs3)c(-c3ccccc3)[nH]c2c1. The zero-order chi connectivity index (χ0) is 19.7. The van der Waals surface area contributed by atoms with E-state index in [9.17, 15) is 18.4 Å². The van der Waals surface area contributed by atoms with E-state index in [0.717, 1.165) is 5.56 Å². The van der Waals surface area contributed by atoms with Gasteiger partial charge >= 0.3 is 6.18 Å². The maximum Gasteiger partial charge on any atom is 0.390 e. The molecule has 2 aromatic carbocycles. The summed E-state index contributed by atoms with van der Waals surface area (Å²) in [4.78, 5) is 3.94. The quantitative estimate of drug-likeness (QED) is 0.402. The summed E-state index contributed by atoms with van der Waals surface area (Å²) < 4.78 is 40.5. The van der Waals surface area contributed by atoms with Crippen LogP contribution in [-0.4, -0.2) is 11.2 Å². The summed E-state index contributed by atoms with van der Waals surface area (Å²) in [6, 6.07) is 20.0. The van der Waals surface area contributed by atoms with Gasteiger partial charge in [0, 0.05) is 21.7 Å². The van der Waals surface area contributed by atoms with Crippen LogP contribution in [0.4, 0.5) is 13.2 Å². The second-order valence-corrected chi connectivity index (χ2v) is 7.52. The number of benzene rings is 2. The Bertz CT molecular complexity index is 1140. The number of hydrogen-bond acceptors (Lipinski definition) is 2. The van der Waals surface area contributed by atoms with Gasteiger partial charge in [0.25, 0.3) is 0 Å². The summed E-state index contributed by atoms with van der Waals surface area (Å²) in [5.41, 5.74) is 3.22. The van der Waals surface area contributed by atoms with Crippen molar-refractivity contribution >= 4 is 22.2 Å². The van der Waals surface area contributed by atoms with E-state index in [-0.39, 0.29) is 0 Å². The van der Waals surface area contributed by atoms with Crippen LogP contribution in [0.25, 0.3) is 22.2 Å². The first-order chi connectivity index (χ1) is 13.5. The number of alkyl halides is 3. The van der Waals surface area contributed by atoms with Gasteiger partial charge in [-0.25, -0.2) is 0 Å². The summed E-state index contributed by atoms with van der Waals surface area (Å²) in [5.74, 6) is -0.822. The Balaban J connectivity index is 2.00. The number of H-pyrrole nitrogens is 1. The Morgan fingerprint density at radius 1 is 1.04 bits per heavy atom. The zero-order valence-corrected chi connectivity index (χ0v) is 15.4. The molecule has 2 nitrogen and oxygen atoms in total. The highest BCUT2D eigenvalue weighted by Gasteiger charge is 2.36. The Kier molecular flexibility index (Phi) is 4.70. The summed E-state index contributed by atoms with van der Waals surface area (Å²) in [6.45, 7) is 0. The molecule has 0 saturated carbocycles. The second kappa shape index (κ2) is 7.17. The zero-order valence-electron chi connectivity index (χ0n) is 14.6. The van der Waals surface area contributed by atoms with Gasteiger partial charge in [-0.2, -0.15) is 18.4 Å². The number of nitrogens with one attached hydrogen (secondary N) is 1. The molecule has 2 aromatic heterocycles. The maximum atomic E-state index is 13.5. The topological polar surface area (TPSA) is 39.6 Å². The summed E-state index contributed by atoms with van der Waals surface area (Å²) >= 11 is 1.32. The lowest BCUT2D eigenvalue weighted by Gasteiger charge is -2.19. The van der Waals surface area contributed by atoms with Crippen molar-refractivity contribution in [2.75, 3.05) is 0 Å². The minimum absolute atomic E-state index is 0.461. The predicted octanol–water partition coefficient (Wildman–Crippen LogP) is 6.85. The van der Waals surface area contributed by atoms with Gasteiger partial charge in [-0.1, -0.05) is 42.5 Å². The summed E-state index contributed by atoms with van der Waals surface area (Å²) in [5, 5.41) is 11.7. The molecule has 0 aliphatic heterocycles. The Labute approximate surface area is 163 Å². The van der Waals surface area contributed by atoms with Gasteiger partial charge in [0.1, 0.15) is 0 Å². The Morgan fingerprint density at radius 2 is 1.82 bits per heavy atom. The van der Waals surface area contributed by atoms with Crippen molar-refractivity contribution in [3.8, 4) is 17.3 Å². The van der Waals surface area contributed by atoms with Crippen LogP contribution in [0.1, 0.15) is 28.3 Å². The van der Waals surface area contributed by atoms with Gasteiger partial charge in [0.2, 0.25) is 0 Å². The van der Waals surface area contributed by atoms with Crippen molar-refractivity contribution < 1.29 is 13.2 Å². The van der Waals surface area contributed by atoms with E-state index in [1.165, 1.54) is 11.3 Å². The molecule has 0 aliphatic carbocycles. The van der Waals surface area contributed by atoms with Crippen molar-refractivity contribution in [1.29, 1.82) is 5.26 Å². The minimum atomic E-state index is -4.31. The molecule has 1 N–H and O–H groups in total. The normalized spacial score (nSPS) is 12.8. The molecule has 0 radical (unpaired) electrons. The predicted molar refractivity (Wildman–Crippen MR) is 105 cm³/mol. The van der Waals surface area contributed by atoms with Crippen molar-refractivity contribution in [2.24, 2.45) is 0 Å². The van der Waals surface area contributed by atoms with Crippen molar-refractivity contribution in [3.05, 3.63) is 82.0 Å². The molecule has 28 heavy (non-hydrogen) atoms. The lowest BCUT2D eigenvalue weighted by atomic mass is 9.89. The van der Waals surface area contributed by atoms with Crippen LogP contribution >= 0.6 is 11.3 Å². The lowest BCUT2D eigenvalue weighted by Crippen LogP contribution is -2.14. The van der Waals surface area contributed by atoms with Gasteiger partial charge in [0.15, 0.2) is 0 Å². The van der Waals surface area contributed by atoms with Crippen molar-refractivity contribution in [3.63, 3.8) is 0 Å². The molecule has 4 aromatic rings. The van der Waals surface area contributed by atoms with Gasteiger partial charge in [0.05, 0.1) is 23.7 Å². The van der Waals surface area contributed by atoms with E-state index < -0.39 is 18.5 Å². The fourth-order valence-corrected chi connectivity index (χ4v) is 4.39. The van der Waals surface area contributed by atoms with E-state index in [4.69, 9.17) is 0 Å².